The number of hydrogen-bond acceptors (Lipinski definition) is 5. The lowest BCUT2D eigenvalue weighted by Crippen LogP contribution is -1.95. The maximum Gasteiger partial charge on any atom is 0.187 e. The molecule has 0 aliphatic carbocycles. The molecule has 4 rings (SSSR count). The third-order valence-corrected chi connectivity index (χ3v) is 4.96. The van der Waals surface area contributed by atoms with Gasteiger partial charge in [-0.25, -0.2) is 4.98 Å². The van der Waals surface area contributed by atoms with Crippen LogP contribution in [0.3, 0.4) is 0 Å². The Morgan fingerprint density at radius 2 is 1.73 bits per heavy atom. The van der Waals surface area contributed by atoms with Crippen molar-refractivity contribution >= 4 is 32.9 Å². The van der Waals surface area contributed by atoms with Crippen LogP contribution in [0.5, 0.6) is 11.5 Å². The van der Waals surface area contributed by atoms with E-state index in [4.69, 9.17) is 14.5 Å². The summed E-state index contributed by atoms with van der Waals surface area (Å²) in [6.07, 6.45) is 0. The number of fused-ring (bicyclic) bond motifs is 1. The number of rotatable bonds is 5. The van der Waals surface area contributed by atoms with E-state index in [1.165, 1.54) is 10.8 Å². The van der Waals surface area contributed by atoms with E-state index in [1.807, 2.05) is 24.3 Å². The standard InChI is InChI=1S/C21H18N2O2S/c1-24-17-9-10-20(25-2)18(12-17)22-21-23-19(13-26-21)16-8-7-14-5-3-4-6-15(14)11-16/h3-13H,1-2H3,(H,22,23). The lowest BCUT2D eigenvalue weighted by Gasteiger charge is -2.10. The molecular formula is C21H18N2O2S. The van der Waals surface area contributed by atoms with Gasteiger partial charge in [0.2, 0.25) is 0 Å². The molecule has 0 saturated heterocycles. The molecule has 4 nitrogen and oxygen atoms in total. The Labute approximate surface area is 156 Å². The lowest BCUT2D eigenvalue weighted by atomic mass is 10.1. The number of ether oxygens (including phenoxy) is 2. The average Bonchev–Trinajstić information content (AvgIpc) is 3.16. The highest BCUT2D eigenvalue weighted by atomic mass is 32.1. The molecule has 1 aromatic heterocycles. The Morgan fingerprint density at radius 1 is 0.885 bits per heavy atom. The second-order valence-corrected chi connectivity index (χ2v) is 6.65. The van der Waals surface area contributed by atoms with E-state index in [9.17, 15) is 0 Å². The highest BCUT2D eigenvalue weighted by Gasteiger charge is 2.09. The number of nitrogens with zero attached hydrogens (tertiary/aromatic N) is 1. The summed E-state index contributed by atoms with van der Waals surface area (Å²) in [5.41, 5.74) is 2.88. The van der Waals surface area contributed by atoms with Crippen molar-refractivity contribution in [2.24, 2.45) is 0 Å². The summed E-state index contributed by atoms with van der Waals surface area (Å²) in [6, 6.07) is 20.4. The van der Waals surface area contributed by atoms with Gasteiger partial charge >= 0.3 is 0 Å². The lowest BCUT2D eigenvalue weighted by molar-refractivity contribution is 0.405. The van der Waals surface area contributed by atoms with E-state index in [2.05, 4.69) is 47.1 Å². The Morgan fingerprint density at radius 3 is 2.54 bits per heavy atom. The number of methoxy groups -OCH3 is 2. The smallest absolute Gasteiger partial charge is 0.187 e. The highest BCUT2D eigenvalue weighted by Crippen LogP contribution is 2.34. The van der Waals surface area contributed by atoms with E-state index in [-0.39, 0.29) is 0 Å². The zero-order valence-corrected chi connectivity index (χ0v) is 15.3. The summed E-state index contributed by atoms with van der Waals surface area (Å²) in [7, 11) is 3.29. The van der Waals surface area contributed by atoms with Crippen LogP contribution >= 0.6 is 11.3 Å². The maximum atomic E-state index is 5.42. The first-order chi connectivity index (χ1) is 12.8. The number of aromatic nitrogens is 1. The van der Waals surface area contributed by atoms with Crippen molar-refractivity contribution in [2.75, 3.05) is 19.5 Å². The van der Waals surface area contributed by atoms with Crippen molar-refractivity contribution in [3.8, 4) is 22.8 Å². The van der Waals surface area contributed by atoms with Gasteiger partial charge in [-0.15, -0.1) is 11.3 Å². The number of nitrogens with one attached hydrogen (secondary N) is 1. The van der Waals surface area contributed by atoms with Crippen molar-refractivity contribution in [1.82, 2.24) is 4.98 Å². The van der Waals surface area contributed by atoms with Gasteiger partial charge in [0.15, 0.2) is 5.13 Å². The van der Waals surface area contributed by atoms with Gasteiger partial charge in [0.1, 0.15) is 11.5 Å². The van der Waals surface area contributed by atoms with Gasteiger partial charge < -0.3 is 14.8 Å². The van der Waals surface area contributed by atoms with Crippen molar-refractivity contribution < 1.29 is 9.47 Å². The molecule has 0 amide bonds. The summed E-state index contributed by atoms with van der Waals surface area (Å²) >= 11 is 1.56. The number of hydrogen-bond donors (Lipinski definition) is 1. The Hall–Kier alpha value is -3.05. The molecule has 1 heterocycles. The fourth-order valence-electron chi connectivity index (χ4n) is 2.84. The summed E-state index contributed by atoms with van der Waals surface area (Å²) in [5, 5.41) is 8.63. The molecule has 0 aliphatic heterocycles. The van der Waals surface area contributed by atoms with Gasteiger partial charge in [0.25, 0.3) is 0 Å². The first kappa shape index (κ1) is 16.4. The molecule has 0 fully saturated rings. The molecule has 4 aromatic rings. The minimum atomic E-state index is 0.744. The Balaban J connectivity index is 1.63. The molecule has 0 atom stereocenters. The van der Waals surface area contributed by atoms with Crippen molar-refractivity contribution in [2.45, 2.75) is 0 Å². The van der Waals surface area contributed by atoms with Gasteiger partial charge in [0.05, 0.1) is 25.6 Å². The molecule has 0 radical (unpaired) electrons. The van der Waals surface area contributed by atoms with Gasteiger partial charge in [-0.05, 0) is 29.0 Å². The summed E-state index contributed by atoms with van der Waals surface area (Å²) in [4.78, 5) is 4.72. The average molecular weight is 362 g/mol. The predicted octanol–water partition coefficient (Wildman–Crippen LogP) is 5.72. The first-order valence-electron chi connectivity index (χ1n) is 8.20. The quantitative estimate of drug-likeness (QED) is 0.493. The molecule has 5 heteroatoms. The minimum absolute atomic E-state index is 0.744. The third kappa shape index (κ3) is 3.21. The van der Waals surface area contributed by atoms with Crippen molar-refractivity contribution in [1.29, 1.82) is 0 Å². The van der Waals surface area contributed by atoms with Crippen LogP contribution < -0.4 is 14.8 Å². The molecule has 0 unspecified atom stereocenters. The Kier molecular flexibility index (Phi) is 4.46. The first-order valence-corrected chi connectivity index (χ1v) is 9.08. The summed E-state index contributed by atoms with van der Waals surface area (Å²) < 4.78 is 10.7. The van der Waals surface area contributed by atoms with Gasteiger partial charge in [-0.3, -0.25) is 0 Å². The topological polar surface area (TPSA) is 43.4 Å². The normalized spacial score (nSPS) is 10.7. The zero-order valence-electron chi connectivity index (χ0n) is 14.5. The number of anilines is 2. The van der Waals surface area contributed by atoms with Crippen LogP contribution in [-0.2, 0) is 0 Å². The molecular weight excluding hydrogens is 344 g/mol. The van der Waals surface area contributed by atoms with Crippen LogP contribution in [0.15, 0.2) is 66.0 Å². The predicted molar refractivity (Wildman–Crippen MR) is 108 cm³/mol. The van der Waals surface area contributed by atoms with Gasteiger partial charge in [0, 0.05) is 17.0 Å². The molecule has 3 aromatic carbocycles. The molecule has 26 heavy (non-hydrogen) atoms. The SMILES string of the molecule is COc1ccc(OC)c(Nc2nc(-c3ccc4ccccc4c3)cs2)c1. The van der Waals surface area contributed by atoms with E-state index < -0.39 is 0 Å². The van der Waals surface area contributed by atoms with Crippen LogP contribution in [0.2, 0.25) is 0 Å². The largest absolute Gasteiger partial charge is 0.497 e. The van der Waals surface area contributed by atoms with E-state index in [1.54, 1.807) is 25.6 Å². The maximum absolute atomic E-state index is 5.42. The molecule has 0 spiro atoms. The van der Waals surface area contributed by atoms with Crippen LogP contribution in [0, 0.1) is 0 Å². The molecule has 0 saturated carbocycles. The van der Waals surface area contributed by atoms with Crippen LogP contribution in [0.25, 0.3) is 22.0 Å². The van der Waals surface area contributed by atoms with Crippen LogP contribution in [0.1, 0.15) is 0 Å². The molecule has 1 N–H and O–H groups in total. The number of thiazole rings is 1. The second kappa shape index (κ2) is 7.06. The fraction of sp³-hybridized carbons (Fsp3) is 0.0952. The fourth-order valence-corrected chi connectivity index (χ4v) is 3.57. The van der Waals surface area contributed by atoms with Crippen molar-refractivity contribution in [3.63, 3.8) is 0 Å². The van der Waals surface area contributed by atoms with E-state index >= 15 is 0 Å². The number of benzene rings is 3. The van der Waals surface area contributed by atoms with Crippen LogP contribution in [-0.4, -0.2) is 19.2 Å². The minimum Gasteiger partial charge on any atom is -0.497 e. The Bertz CT molecular complexity index is 1060. The van der Waals surface area contributed by atoms with Gasteiger partial charge in [-0.2, -0.15) is 0 Å². The zero-order chi connectivity index (χ0) is 17.9. The highest BCUT2D eigenvalue weighted by molar-refractivity contribution is 7.14. The van der Waals surface area contributed by atoms with Crippen LogP contribution in [0.4, 0.5) is 10.8 Å². The van der Waals surface area contributed by atoms with E-state index in [0.717, 1.165) is 33.6 Å². The summed E-state index contributed by atoms with van der Waals surface area (Å²) in [5.74, 6) is 1.51. The molecule has 0 aliphatic rings. The summed E-state index contributed by atoms with van der Waals surface area (Å²) in [6.45, 7) is 0. The third-order valence-electron chi connectivity index (χ3n) is 4.20. The second-order valence-electron chi connectivity index (χ2n) is 5.79. The molecule has 130 valence electrons. The van der Waals surface area contributed by atoms with Gasteiger partial charge in [-0.1, -0.05) is 36.4 Å². The molecule has 0 bridgehead atoms. The van der Waals surface area contributed by atoms with E-state index in [0.29, 0.717) is 0 Å². The monoisotopic (exact) mass is 362 g/mol. The van der Waals surface area contributed by atoms with Crippen molar-refractivity contribution in [3.05, 3.63) is 66.0 Å².